The summed E-state index contributed by atoms with van der Waals surface area (Å²) in [6, 6.07) is 5.40. The van der Waals surface area contributed by atoms with Gasteiger partial charge in [0.05, 0.1) is 10.0 Å². The molecule has 1 aliphatic rings. The Kier molecular flexibility index (Phi) is 4.49. The van der Waals surface area contributed by atoms with Crippen LogP contribution >= 0.6 is 23.2 Å². The van der Waals surface area contributed by atoms with Crippen molar-refractivity contribution in [3.05, 3.63) is 33.8 Å². The highest BCUT2D eigenvalue weighted by atomic mass is 35.5. The van der Waals surface area contributed by atoms with E-state index in [-0.39, 0.29) is 18.0 Å². The Labute approximate surface area is 117 Å². The predicted molar refractivity (Wildman–Crippen MR) is 74.2 cm³/mol. The number of amides is 1. The van der Waals surface area contributed by atoms with E-state index in [2.05, 4.69) is 5.32 Å². The van der Waals surface area contributed by atoms with Crippen LogP contribution in [0.2, 0.25) is 10.0 Å². The van der Waals surface area contributed by atoms with E-state index in [0.29, 0.717) is 15.6 Å². The molecule has 0 spiro atoms. The fourth-order valence-corrected chi connectivity index (χ4v) is 2.47. The van der Waals surface area contributed by atoms with Gasteiger partial charge in [-0.15, -0.1) is 0 Å². The summed E-state index contributed by atoms with van der Waals surface area (Å²) in [5.74, 6) is -0.103. The molecule has 1 saturated carbocycles. The molecular weight excluding hydrogens is 271 g/mol. The van der Waals surface area contributed by atoms with Crippen LogP contribution in [-0.4, -0.2) is 18.0 Å². The van der Waals surface area contributed by atoms with Gasteiger partial charge in [0.2, 0.25) is 0 Å². The molecular formula is C13H16Cl2N2O. The lowest BCUT2D eigenvalue weighted by molar-refractivity contribution is 0.0926. The second kappa shape index (κ2) is 5.91. The Balaban J connectivity index is 1.97. The average Bonchev–Trinajstić information content (AvgIpc) is 2.35. The molecule has 1 aliphatic carbocycles. The molecule has 0 unspecified atom stereocenters. The van der Waals surface area contributed by atoms with Gasteiger partial charge in [-0.05, 0) is 43.9 Å². The first-order valence-electron chi connectivity index (χ1n) is 6.08. The summed E-state index contributed by atoms with van der Waals surface area (Å²) in [5.41, 5.74) is 6.37. The highest BCUT2D eigenvalue weighted by molar-refractivity contribution is 6.42. The molecule has 1 aromatic carbocycles. The van der Waals surface area contributed by atoms with Crippen LogP contribution in [0, 0.1) is 0 Å². The molecule has 0 heterocycles. The lowest BCUT2D eigenvalue weighted by Gasteiger charge is -2.26. The van der Waals surface area contributed by atoms with Gasteiger partial charge in [-0.25, -0.2) is 0 Å². The number of halogens is 2. The summed E-state index contributed by atoms with van der Waals surface area (Å²) >= 11 is 11.7. The molecule has 5 heteroatoms. The smallest absolute Gasteiger partial charge is 0.251 e. The molecule has 3 nitrogen and oxygen atoms in total. The number of hydrogen-bond acceptors (Lipinski definition) is 2. The summed E-state index contributed by atoms with van der Waals surface area (Å²) in [4.78, 5) is 12.0. The fraction of sp³-hybridized carbons (Fsp3) is 0.462. The maximum atomic E-state index is 12.0. The Morgan fingerprint density at radius 1 is 1.17 bits per heavy atom. The van der Waals surface area contributed by atoms with Crippen LogP contribution in [0.3, 0.4) is 0 Å². The molecule has 1 aromatic rings. The maximum absolute atomic E-state index is 12.0. The Bertz CT molecular complexity index is 443. The summed E-state index contributed by atoms with van der Waals surface area (Å²) < 4.78 is 0. The molecule has 2 rings (SSSR count). The third-order valence-corrected chi connectivity index (χ3v) is 4.03. The summed E-state index contributed by atoms with van der Waals surface area (Å²) in [6.45, 7) is 0. The molecule has 0 bridgehead atoms. The Morgan fingerprint density at radius 2 is 1.83 bits per heavy atom. The summed E-state index contributed by atoms with van der Waals surface area (Å²) in [7, 11) is 0. The molecule has 0 saturated heterocycles. The zero-order chi connectivity index (χ0) is 13.1. The van der Waals surface area contributed by atoms with Crippen LogP contribution in [0.5, 0.6) is 0 Å². The Morgan fingerprint density at radius 3 is 2.44 bits per heavy atom. The van der Waals surface area contributed by atoms with Crippen LogP contribution < -0.4 is 11.1 Å². The molecule has 3 N–H and O–H groups in total. The fourth-order valence-electron chi connectivity index (χ4n) is 2.17. The zero-order valence-electron chi connectivity index (χ0n) is 9.96. The van der Waals surface area contributed by atoms with E-state index >= 15 is 0 Å². The summed E-state index contributed by atoms with van der Waals surface area (Å²) in [6.07, 6.45) is 3.81. The number of hydrogen-bond donors (Lipinski definition) is 2. The van der Waals surface area contributed by atoms with Crippen LogP contribution in [0.25, 0.3) is 0 Å². The van der Waals surface area contributed by atoms with Crippen molar-refractivity contribution in [3.8, 4) is 0 Å². The Hall–Kier alpha value is -0.770. The van der Waals surface area contributed by atoms with Crippen LogP contribution in [0.1, 0.15) is 36.0 Å². The van der Waals surface area contributed by atoms with E-state index in [4.69, 9.17) is 28.9 Å². The summed E-state index contributed by atoms with van der Waals surface area (Å²) in [5, 5.41) is 3.86. The number of benzene rings is 1. The third-order valence-electron chi connectivity index (χ3n) is 3.29. The number of nitrogens with two attached hydrogens (primary N) is 1. The molecule has 1 amide bonds. The molecule has 0 atom stereocenters. The lowest BCUT2D eigenvalue weighted by atomic mass is 9.91. The van der Waals surface area contributed by atoms with E-state index in [1.807, 2.05) is 0 Å². The predicted octanol–water partition coefficient (Wildman–Crippen LogP) is 2.99. The van der Waals surface area contributed by atoms with E-state index in [1.165, 1.54) is 0 Å². The van der Waals surface area contributed by atoms with Gasteiger partial charge in [-0.3, -0.25) is 4.79 Å². The van der Waals surface area contributed by atoms with E-state index in [9.17, 15) is 4.79 Å². The quantitative estimate of drug-likeness (QED) is 0.878. The number of rotatable bonds is 2. The monoisotopic (exact) mass is 286 g/mol. The van der Waals surface area contributed by atoms with E-state index < -0.39 is 0 Å². The first-order chi connectivity index (χ1) is 8.56. The molecule has 0 aromatic heterocycles. The minimum atomic E-state index is -0.103. The molecule has 98 valence electrons. The molecule has 1 fully saturated rings. The average molecular weight is 287 g/mol. The first-order valence-corrected chi connectivity index (χ1v) is 6.83. The number of nitrogens with one attached hydrogen (secondary N) is 1. The number of carbonyl (C=O) groups is 1. The standard InChI is InChI=1S/C13H16Cl2N2O/c14-11-6-1-8(7-12(11)15)13(18)17-10-4-2-9(16)3-5-10/h1,6-7,9-10H,2-5,16H2,(H,17,18). The van der Waals surface area contributed by atoms with Gasteiger partial charge in [0.25, 0.3) is 5.91 Å². The maximum Gasteiger partial charge on any atom is 0.251 e. The van der Waals surface area contributed by atoms with Crippen molar-refractivity contribution in [1.29, 1.82) is 0 Å². The van der Waals surface area contributed by atoms with Gasteiger partial charge in [0.15, 0.2) is 0 Å². The van der Waals surface area contributed by atoms with Crippen molar-refractivity contribution in [2.45, 2.75) is 37.8 Å². The number of carbonyl (C=O) groups excluding carboxylic acids is 1. The minimum absolute atomic E-state index is 0.103. The zero-order valence-corrected chi connectivity index (χ0v) is 11.5. The highest BCUT2D eigenvalue weighted by Crippen LogP contribution is 2.23. The second-order valence-electron chi connectivity index (χ2n) is 4.71. The first kappa shape index (κ1) is 13.7. The van der Waals surface area contributed by atoms with Gasteiger partial charge in [-0.2, -0.15) is 0 Å². The van der Waals surface area contributed by atoms with Crippen molar-refractivity contribution >= 4 is 29.1 Å². The van der Waals surface area contributed by atoms with Crippen LogP contribution in [-0.2, 0) is 0 Å². The normalized spacial score (nSPS) is 23.7. The van der Waals surface area contributed by atoms with Crippen LogP contribution in [0.4, 0.5) is 0 Å². The van der Waals surface area contributed by atoms with Gasteiger partial charge < -0.3 is 11.1 Å². The van der Waals surface area contributed by atoms with Crippen molar-refractivity contribution in [3.63, 3.8) is 0 Å². The second-order valence-corrected chi connectivity index (χ2v) is 5.53. The lowest BCUT2D eigenvalue weighted by Crippen LogP contribution is -2.40. The topological polar surface area (TPSA) is 55.1 Å². The van der Waals surface area contributed by atoms with Crippen molar-refractivity contribution in [2.75, 3.05) is 0 Å². The minimum Gasteiger partial charge on any atom is -0.349 e. The van der Waals surface area contributed by atoms with Crippen molar-refractivity contribution in [2.24, 2.45) is 5.73 Å². The molecule has 0 radical (unpaired) electrons. The molecule has 0 aliphatic heterocycles. The third kappa shape index (κ3) is 3.37. The van der Waals surface area contributed by atoms with Crippen molar-refractivity contribution in [1.82, 2.24) is 5.32 Å². The molecule has 18 heavy (non-hydrogen) atoms. The van der Waals surface area contributed by atoms with Gasteiger partial charge in [0.1, 0.15) is 0 Å². The highest BCUT2D eigenvalue weighted by Gasteiger charge is 2.20. The van der Waals surface area contributed by atoms with Gasteiger partial charge in [0, 0.05) is 17.6 Å². The van der Waals surface area contributed by atoms with Gasteiger partial charge >= 0.3 is 0 Å². The van der Waals surface area contributed by atoms with Gasteiger partial charge in [-0.1, -0.05) is 23.2 Å². The van der Waals surface area contributed by atoms with E-state index in [0.717, 1.165) is 25.7 Å². The van der Waals surface area contributed by atoms with E-state index in [1.54, 1.807) is 18.2 Å². The van der Waals surface area contributed by atoms with Crippen LogP contribution in [0.15, 0.2) is 18.2 Å². The largest absolute Gasteiger partial charge is 0.349 e. The SMILES string of the molecule is NC1CCC(NC(=O)c2ccc(Cl)c(Cl)c2)CC1. The van der Waals surface area contributed by atoms with Crippen molar-refractivity contribution < 1.29 is 4.79 Å².